The molecule has 2 aromatic rings. The van der Waals surface area contributed by atoms with Crippen LogP contribution in [0.5, 0.6) is 0 Å². The Morgan fingerprint density at radius 2 is 2.13 bits per heavy atom. The molecule has 4 N–H and O–H groups in total. The molecule has 0 bridgehead atoms. The number of benzene rings is 1. The number of halogens is 1. The van der Waals surface area contributed by atoms with Gasteiger partial charge in [0, 0.05) is 34.5 Å². The van der Waals surface area contributed by atoms with Gasteiger partial charge in [0.25, 0.3) is 0 Å². The average molecular weight is 467 g/mol. The van der Waals surface area contributed by atoms with E-state index in [0.29, 0.717) is 17.3 Å². The molecular formula is C20H23ClN4O3S2. The lowest BCUT2D eigenvalue weighted by molar-refractivity contribution is -0.125. The molecule has 0 radical (unpaired) electrons. The van der Waals surface area contributed by atoms with Gasteiger partial charge in [-0.05, 0) is 36.1 Å². The fourth-order valence-corrected chi connectivity index (χ4v) is 4.60. The lowest BCUT2D eigenvalue weighted by atomic mass is 10.1. The Balaban J connectivity index is 1.43. The van der Waals surface area contributed by atoms with Crippen molar-refractivity contribution in [2.45, 2.75) is 37.8 Å². The summed E-state index contributed by atoms with van der Waals surface area (Å²) in [4.78, 5) is 37.5. The molecule has 0 aliphatic carbocycles. The van der Waals surface area contributed by atoms with E-state index in [1.165, 1.54) is 11.8 Å². The van der Waals surface area contributed by atoms with Gasteiger partial charge in [-0.1, -0.05) is 23.7 Å². The Morgan fingerprint density at radius 1 is 1.30 bits per heavy atom. The zero-order valence-electron chi connectivity index (χ0n) is 16.4. The first-order chi connectivity index (χ1) is 14.4. The van der Waals surface area contributed by atoms with Gasteiger partial charge in [-0.3, -0.25) is 19.7 Å². The number of carbonyl (C=O) groups excluding carboxylic acids is 3. The van der Waals surface area contributed by atoms with Crippen LogP contribution in [0.15, 0.2) is 35.7 Å². The van der Waals surface area contributed by atoms with Gasteiger partial charge in [0.2, 0.25) is 17.7 Å². The van der Waals surface area contributed by atoms with Crippen LogP contribution in [0.25, 0.3) is 0 Å². The minimum absolute atomic E-state index is 0.117. The van der Waals surface area contributed by atoms with Crippen molar-refractivity contribution in [1.82, 2.24) is 16.0 Å². The van der Waals surface area contributed by atoms with Crippen LogP contribution in [0.3, 0.4) is 0 Å². The number of nitrogens with one attached hydrogen (secondary N) is 4. The zero-order valence-corrected chi connectivity index (χ0v) is 18.8. The highest BCUT2D eigenvalue weighted by molar-refractivity contribution is 8.00. The summed E-state index contributed by atoms with van der Waals surface area (Å²) in [5.74, 6) is -0.325. The molecule has 1 fully saturated rings. The number of hydrogen-bond acceptors (Lipinski definition) is 6. The molecule has 1 aliphatic heterocycles. The van der Waals surface area contributed by atoms with E-state index in [1.54, 1.807) is 23.5 Å². The summed E-state index contributed by atoms with van der Waals surface area (Å²) < 4.78 is 0. The van der Waals surface area contributed by atoms with Crippen LogP contribution >= 0.6 is 34.7 Å². The predicted octanol–water partition coefficient (Wildman–Crippen LogP) is 2.85. The third-order valence-corrected chi connectivity index (χ3v) is 6.72. The van der Waals surface area contributed by atoms with Gasteiger partial charge in [-0.15, -0.1) is 23.1 Å². The average Bonchev–Trinajstić information content (AvgIpc) is 3.21. The van der Waals surface area contributed by atoms with E-state index >= 15 is 0 Å². The Morgan fingerprint density at radius 3 is 2.87 bits per heavy atom. The fraction of sp³-hybridized carbons (Fsp3) is 0.350. The number of carbonyl (C=O) groups is 3. The number of amides is 3. The van der Waals surface area contributed by atoms with Crippen molar-refractivity contribution in [2.75, 3.05) is 11.1 Å². The maximum atomic E-state index is 12.2. The van der Waals surface area contributed by atoms with E-state index in [2.05, 4.69) is 21.3 Å². The monoisotopic (exact) mass is 466 g/mol. The molecule has 1 aliphatic rings. The summed E-state index contributed by atoms with van der Waals surface area (Å²) in [5, 5.41) is 14.2. The zero-order chi connectivity index (χ0) is 21.5. The highest BCUT2D eigenvalue weighted by atomic mass is 35.5. The Kier molecular flexibility index (Phi) is 8.15. The number of thiophene rings is 1. The summed E-state index contributed by atoms with van der Waals surface area (Å²) in [6.45, 7) is 2.37. The maximum Gasteiger partial charge on any atom is 0.234 e. The van der Waals surface area contributed by atoms with Crippen LogP contribution < -0.4 is 21.3 Å². The van der Waals surface area contributed by atoms with Gasteiger partial charge in [0.15, 0.2) is 0 Å². The summed E-state index contributed by atoms with van der Waals surface area (Å²) in [7, 11) is 0. The molecule has 2 atom stereocenters. The van der Waals surface area contributed by atoms with E-state index < -0.39 is 5.50 Å². The number of aryl methyl sites for hydroxylation is 1. The molecule has 0 spiro atoms. The molecule has 30 heavy (non-hydrogen) atoms. The second-order valence-corrected chi connectivity index (χ2v) is 9.43. The Bertz CT molecular complexity index is 907. The van der Waals surface area contributed by atoms with Crippen LogP contribution in [0.2, 0.25) is 5.02 Å². The molecular weight excluding hydrogens is 444 g/mol. The summed E-state index contributed by atoms with van der Waals surface area (Å²) in [6.07, 6.45) is 0.418. The molecule has 1 saturated heterocycles. The van der Waals surface area contributed by atoms with Gasteiger partial charge in [-0.2, -0.15) is 0 Å². The maximum absolute atomic E-state index is 12.2. The molecule has 1 aromatic carbocycles. The quantitative estimate of drug-likeness (QED) is 0.479. The first-order valence-corrected chi connectivity index (χ1v) is 11.7. The number of thioether (sulfide) groups is 1. The van der Waals surface area contributed by atoms with Crippen LogP contribution in [0.4, 0.5) is 5.69 Å². The second kappa shape index (κ2) is 10.8. The smallest absolute Gasteiger partial charge is 0.234 e. The van der Waals surface area contributed by atoms with Crippen LogP contribution in [-0.4, -0.2) is 35.0 Å². The van der Waals surface area contributed by atoms with Crippen LogP contribution in [-0.2, 0) is 20.9 Å². The van der Waals surface area contributed by atoms with Gasteiger partial charge >= 0.3 is 0 Å². The third kappa shape index (κ3) is 7.02. The molecule has 1 aromatic heterocycles. The van der Waals surface area contributed by atoms with Gasteiger partial charge in [0.1, 0.15) is 5.50 Å². The first-order valence-electron chi connectivity index (χ1n) is 9.41. The van der Waals surface area contributed by atoms with Crippen molar-refractivity contribution in [2.24, 2.45) is 0 Å². The van der Waals surface area contributed by atoms with Crippen molar-refractivity contribution in [3.63, 3.8) is 0 Å². The van der Waals surface area contributed by atoms with Crippen molar-refractivity contribution in [3.05, 3.63) is 51.2 Å². The van der Waals surface area contributed by atoms with Crippen LogP contribution in [0.1, 0.15) is 23.3 Å². The van der Waals surface area contributed by atoms with Gasteiger partial charge in [0.05, 0.1) is 12.3 Å². The fourth-order valence-electron chi connectivity index (χ4n) is 2.89. The standard InChI is InChI=1S/C20H23ClN4O3S2/c1-12-4-5-13(7-16(12)21)23-19(28)11-30-20-24-14(9-18(27)25-20)8-17(26)22-10-15-3-2-6-29-15/h2-7,14,20,24H,8-11H2,1H3,(H,22,26)(H,23,28)(H,25,27). The molecule has 7 nitrogen and oxygen atoms in total. The summed E-state index contributed by atoms with van der Waals surface area (Å²) in [6, 6.07) is 8.94. The molecule has 3 amide bonds. The normalized spacial score (nSPS) is 18.5. The van der Waals surface area contributed by atoms with Crippen molar-refractivity contribution in [3.8, 4) is 0 Å². The number of hydrogen-bond donors (Lipinski definition) is 4. The van der Waals surface area contributed by atoms with Crippen molar-refractivity contribution >= 4 is 58.1 Å². The van der Waals surface area contributed by atoms with Crippen molar-refractivity contribution < 1.29 is 14.4 Å². The van der Waals surface area contributed by atoms with E-state index in [4.69, 9.17) is 11.6 Å². The lowest BCUT2D eigenvalue weighted by Gasteiger charge is -2.30. The van der Waals surface area contributed by atoms with E-state index in [-0.39, 0.29) is 42.4 Å². The molecule has 2 unspecified atom stereocenters. The third-order valence-electron chi connectivity index (χ3n) is 4.42. The topological polar surface area (TPSA) is 99.3 Å². The minimum atomic E-state index is -0.436. The minimum Gasteiger partial charge on any atom is -0.351 e. The lowest BCUT2D eigenvalue weighted by Crippen LogP contribution is -2.56. The number of anilines is 1. The second-order valence-electron chi connectivity index (χ2n) is 6.90. The Hall–Kier alpha value is -2.07. The molecule has 160 valence electrons. The highest BCUT2D eigenvalue weighted by Gasteiger charge is 2.28. The van der Waals surface area contributed by atoms with E-state index in [1.807, 2.05) is 30.5 Å². The van der Waals surface area contributed by atoms with Crippen molar-refractivity contribution in [1.29, 1.82) is 0 Å². The van der Waals surface area contributed by atoms with Gasteiger partial charge < -0.3 is 16.0 Å². The molecule has 0 saturated carbocycles. The van der Waals surface area contributed by atoms with Crippen LogP contribution in [0, 0.1) is 6.92 Å². The SMILES string of the molecule is Cc1ccc(NC(=O)CSC2NC(=O)CC(CC(=O)NCc3cccs3)N2)cc1Cl. The molecule has 2 heterocycles. The van der Waals surface area contributed by atoms with E-state index in [0.717, 1.165) is 10.4 Å². The molecule has 10 heteroatoms. The van der Waals surface area contributed by atoms with Gasteiger partial charge in [-0.25, -0.2) is 0 Å². The first kappa shape index (κ1) is 22.6. The number of rotatable bonds is 8. The van der Waals surface area contributed by atoms with E-state index in [9.17, 15) is 14.4 Å². The largest absolute Gasteiger partial charge is 0.351 e. The highest BCUT2D eigenvalue weighted by Crippen LogP contribution is 2.20. The predicted molar refractivity (Wildman–Crippen MR) is 122 cm³/mol. The summed E-state index contributed by atoms with van der Waals surface area (Å²) in [5.41, 5.74) is 1.12. The Labute approximate surface area is 188 Å². The molecule has 3 rings (SSSR count). The summed E-state index contributed by atoms with van der Waals surface area (Å²) >= 11 is 8.91.